The largest absolute Gasteiger partial charge is 0.479 e. The number of aliphatic hydroxyl groups excluding tert-OH is 2. The van der Waals surface area contributed by atoms with Gasteiger partial charge in [-0.3, -0.25) is 14.4 Å². The van der Waals surface area contributed by atoms with Crippen LogP contribution in [-0.4, -0.2) is 89.2 Å². The summed E-state index contributed by atoms with van der Waals surface area (Å²) < 4.78 is 28.4. The van der Waals surface area contributed by atoms with Crippen molar-refractivity contribution in [3.8, 4) is 0 Å². The van der Waals surface area contributed by atoms with Gasteiger partial charge in [0.15, 0.2) is 24.6 Å². The van der Waals surface area contributed by atoms with Crippen molar-refractivity contribution in [3.63, 3.8) is 0 Å². The highest BCUT2D eigenvalue weighted by molar-refractivity contribution is 5.74. The topological polar surface area (TPSA) is 175 Å². The molecule has 0 radical (unpaired) electrons. The van der Waals surface area contributed by atoms with Crippen molar-refractivity contribution < 1.29 is 58.2 Å². The smallest absolute Gasteiger partial charge is 0.335 e. The molecule has 0 aromatic carbocycles. The lowest BCUT2D eigenvalue weighted by molar-refractivity contribution is -0.301. The Balaban J connectivity index is 2.74. The Bertz CT molecular complexity index is 1790. The summed E-state index contributed by atoms with van der Waals surface area (Å²) in [6.45, 7) is 5.69. The summed E-state index contributed by atoms with van der Waals surface area (Å²) >= 11 is 0. The van der Waals surface area contributed by atoms with E-state index in [-0.39, 0.29) is 25.9 Å². The predicted octanol–water partition coefficient (Wildman–Crippen LogP) is 16.2. The monoisotopic (exact) mass is 1100 g/mol. The molecule has 0 bridgehead atoms. The zero-order chi connectivity index (χ0) is 57.5. The minimum absolute atomic E-state index is 0.0495. The van der Waals surface area contributed by atoms with Crippen LogP contribution in [0.2, 0.25) is 0 Å². The number of unbranched alkanes of at least 4 members (excludes halogenated alkanes) is 19. The van der Waals surface area contributed by atoms with Gasteiger partial charge >= 0.3 is 23.9 Å². The third-order valence-electron chi connectivity index (χ3n) is 13.4. The molecule has 6 unspecified atom stereocenters. The van der Waals surface area contributed by atoms with Crippen LogP contribution in [0.3, 0.4) is 0 Å². The van der Waals surface area contributed by atoms with E-state index in [1.165, 1.54) is 64.2 Å². The SMILES string of the molecule is CC/C=C\C/C=C\C/C=C\C/C=C\C/C=C\C/C=C\CCC(=O)OCC(COC1OC(C(=O)O)C(O)C(O)C1OC(=O)CCCCCCCCCCCCCCCCC)OC(=O)CCCCCCC/C=C\C/C=C\C/C=C\CC. The molecule has 1 aliphatic heterocycles. The van der Waals surface area contributed by atoms with Crippen LogP contribution in [0.1, 0.15) is 239 Å². The van der Waals surface area contributed by atoms with Crippen LogP contribution in [0, 0.1) is 0 Å². The first-order valence-electron chi connectivity index (χ1n) is 30.9. The number of ether oxygens (including phenoxy) is 5. The summed E-state index contributed by atoms with van der Waals surface area (Å²) in [5.41, 5.74) is 0. The molecule has 1 saturated heterocycles. The van der Waals surface area contributed by atoms with Crippen LogP contribution >= 0.6 is 0 Å². The van der Waals surface area contributed by atoms with Crippen LogP contribution in [0.15, 0.2) is 109 Å². The summed E-state index contributed by atoms with van der Waals surface area (Å²) in [4.78, 5) is 51.2. The molecule has 1 heterocycles. The zero-order valence-corrected chi connectivity index (χ0v) is 49.3. The van der Waals surface area contributed by atoms with E-state index in [4.69, 9.17) is 23.7 Å². The Hall–Kier alpha value is -4.62. The number of aliphatic carboxylic acids is 1. The van der Waals surface area contributed by atoms with E-state index in [0.29, 0.717) is 19.3 Å². The van der Waals surface area contributed by atoms with Crippen LogP contribution in [-0.2, 0) is 42.9 Å². The molecule has 1 rings (SSSR count). The quantitative estimate of drug-likeness (QED) is 0.0228. The summed E-state index contributed by atoms with van der Waals surface area (Å²) in [7, 11) is 0. The van der Waals surface area contributed by atoms with E-state index in [1.807, 2.05) is 12.2 Å². The van der Waals surface area contributed by atoms with Gasteiger partial charge in [0.05, 0.1) is 6.61 Å². The number of hydrogen-bond acceptors (Lipinski definition) is 11. The van der Waals surface area contributed by atoms with Gasteiger partial charge in [0, 0.05) is 19.3 Å². The minimum atomic E-state index is -1.92. The number of esters is 3. The second-order valence-corrected chi connectivity index (χ2v) is 20.6. The minimum Gasteiger partial charge on any atom is -0.479 e. The van der Waals surface area contributed by atoms with E-state index >= 15 is 0 Å². The maximum Gasteiger partial charge on any atom is 0.335 e. The van der Waals surface area contributed by atoms with E-state index in [2.05, 4.69) is 118 Å². The summed E-state index contributed by atoms with van der Waals surface area (Å²) in [6.07, 6.45) is 60.6. The molecule has 0 saturated carbocycles. The number of carboxylic acid groups (broad SMARTS) is 1. The molecule has 0 spiro atoms. The molecule has 1 aliphatic rings. The predicted molar refractivity (Wildman–Crippen MR) is 321 cm³/mol. The maximum atomic E-state index is 13.2. The second kappa shape index (κ2) is 54.0. The number of carboxylic acids is 1. The standard InChI is InChI=1S/C67H108O12/c1-4-7-10-13-16-19-22-25-28-29-30-31-34-35-38-41-44-47-50-53-59(68)75-56-58(77-60(69)54-51-48-45-42-39-36-32-26-23-20-17-14-11-8-5-2)57-76-67-65(63(72)62(71)64(79-67)66(73)74)78-61(70)55-52-49-46-43-40-37-33-27-24-21-18-15-12-9-6-3/h7-8,10-11,16-17,19-20,25-26,28,30-32,35,38,44,47,58,62-65,67,71-72H,4-6,9,12-15,18,21-24,27,29,33-34,36-37,39-43,45-46,48-57H2,1-3H3,(H,73,74)/b10-7-,11-8-,19-16-,20-17-,28-25-,31-30-,32-26-,38-35-,47-44-. The Kier molecular flexibility index (Phi) is 49.5. The molecule has 12 nitrogen and oxygen atoms in total. The van der Waals surface area contributed by atoms with E-state index in [9.17, 15) is 34.5 Å². The van der Waals surface area contributed by atoms with Crippen LogP contribution in [0.25, 0.3) is 0 Å². The number of carbonyl (C=O) groups is 4. The Morgan fingerprint density at radius 3 is 1.27 bits per heavy atom. The zero-order valence-electron chi connectivity index (χ0n) is 49.3. The Morgan fingerprint density at radius 1 is 0.430 bits per heavy atom. The normalized spacial score (nSPS) is 18.6. The molecule has 0 aromatic heterocycles. The number of carbonyl (C=O) groups excluding carboxylic acids is 3. The lowest BCUT2D eigenvalue weighted by atomic mass is 9.98. The average molecular weight is 1110 g/mol. The number of rotatable bonds is 51. The first kappa shape index (κ1) is 72.4. The van der Waals surface area contributed by atoms with Crippen molar-refractivity contribution in [1.29, 1.82) is 0 Å². The average Bonchev–Trinajstić information content (AvgIpc) is 3.46. The molecular weight excluding hydrogens is 997 g/mol. The lowest BCUT2D eigenvalue weighted by Crippen LogP contribution is -2.61. The van der Waals surface area contributed by atoms with Crippen molar-refractivity contribution >= 4 is 23.9 Å². The third kappa shape index (κ3) is 43.8. The lowest BCUT2D eigenvalue weighted by Gasteiger charge is -2.40. The van der Waals surface area contributed by atoms with Gasteiger partial charge in [-0.2, -0.15) is 0 Å². The maximum absolute atomic E-state index is 13.2. The molecule has 448 valence electrons. The first-order chi connectivity index (χ1) is 38.6. The highest BCUT2D eigenvalue weighted by Gasteiger charge is 2.50. The van der Waals surface area contributed by atoms with Crippen molar-refractivity contribution in [1.82, 2.24) is 0 Å². The molecule has 79 heavy (non-hydrogen) atoms. The molecule has 1 fully saturated rings. The van der Waals surface area contributed by atoms with Gasteiger partial charge in [-0.05, 0) is 89.9 Å². The highest BCUT2D eigenvalue weighted by Crippen LogP contribution is 2.26. The van der Waals surface area contributed by atoms with Crippen molar-refractivity contribution in [2.24, 2.45) is 0 Å². The molecule has 0 aromatic rings. The van der Waals surface area contributed by atoms with E-state index in [0.717, 1.165) is 116 Å². The van der Waals surface area contributed by atoms with Crippen LogP contribution in [0.4, 0.5) is 0 Å². The first-order valence-corrected chi connectivity index (χ1v) is 30.9. The number of allylic oxidation sites excluding steroid dienone is 18. The molecular formula is C67H108O12. The van der Waals surface area contributed by atoms with Crippen molar-refractivity contribution in [3.05, 3.63) is 109 Å². The molecule has 3 N–H and O–H groups in total. The highest BCUT2D eigenvalue weighted by atomic mass is 16.7. The molecule has 6 atom stereocenters. The second-order valence-electron chi connectivity index (χ2n) is 20.6. The van der Waals surface area contributed by atoms with E-state index < -0.39 is 67.3 Å². The van der Waals surface area contributed by atoms with Crippen LogP contribution in [0.5, 0.6) is 0 Å². The van der Waals surface area contributed by atoms with Crippen LogP contribution < -0.4 is 0 Å². The van der Waals surface area contributed by atoms with Gasteiger partial charge in [-0.15, -0.1) is 0 Å². The van der Waals surface area contributed by atoms with Gasteiger partial charge in [0.2, 0.25) is 0 Å². The Labute approximate surface area is 478 Å². The fourth-order valence-electron chi connectivity index (χ4n) is 8.70. The third-order valence-corrected chi connectivity index (χ3v) is 13.4. The van der Waals surface area contributed by atoms with Crippen molar-refractivity contribution in [2.45, 2.75) is 276 Å². The van der Waals surface area contributed by atoms with E-state index in [1.54, 1.807) is 0 Å². The van der Waals surface area contributed by atoms with Gasteiger partial charge in [-0.25, -0.2) is 4.79 Å². The van der Waals surface area contributed by atoms with Gasteiger partial charge in [0.25, 0.3) is 0 Å². The molecule has 12 heteroatoms. The van der Waals surface area contributed by atoms with Gasteiger partial charge in [-0.1, -0.05) is 239 Å². The fourth-order valence-corrected chi connectivity index (χ4v) is 8.70. The van der Waals surface area contributed by atoms with Crippen molar-refractivity contribution in [2.75, 3.05) is 13.2 Å². The fraction of sp³-hybridized carbons (Fsp3) is 0.672. The molecule has 0 aliphatic carbocycles. The summed E-state index contributed by atoms with van der Waals surface area (Å²) in [5.74, 6) is -3.26. The van der Waals surface area contributed by atoms with Gasteiger partial charge in [0.1, 0.15) is 18.8 Å². The summed E-state index contributed by atoms with van der Waals surface area (Å²) in [6, 6.07) is 0. The summed E-state index contributed by atoms with van der Waals surface area (Å²) in [5, 5.41) is 31.5. The van der Waals surface area contributed by atoms with Gasteiger partial charge < -0.3 is 39.0 Å². The number of hydrogen-bond donors (Lipinski definition) is 3. The molecule has 0 amide bonds. The number of aliphatic hydroxyl groups is 2. The Morgan fingerprint density at radius 2 is 0.823 bits per heavy atom.